The highest BCUT2D eigenvalue weighted by Crippen LogP contribution is 2.36. The van der Waals surface area contributed by atoms with E-state index in [9.17, 15) is 15.2 Å². The number of nitrogens with zero attached hydrogens (tertiary/aromatic N) is 1. The number of benzene rings is 2. The van der Waals surface area contributed by atoms with Gasteiger partial charge in [0.15, 0.2) is 11.5 Å². The van der Waals surface area contributed by atoms with Crippen molar-refractivity contribution in [1.29, 1.82) is 5.26 Å². The van der Waals surface area contributed by atoms with Gasteiger partial charge in [-0.05, 0) is 48.0 Å². The van der Waals surface area contributed by atoms with Crippen LogP contribution in [0.1, 0.15) is 5.56 Å². The summed E-state index contributed by atoms with van der Waals surface area (Å²) in [4.78, 5) is 12.2. The standard InChI is InChI=1S/C18H15ClN2O4/c1-24-16-9-11(8-15(19)17(16)25-2)7-12(10-20)18(23)21-13-3-5-14(22)6-4-13/h3-9,22H,1-2H3,(H,21,23)/b12-7+. The van der Waals surface area contributed by atoms with Gasteiger partial charge in [-0.1, -0.05) is 11.6 Å². The fourth-order valence-corrected chi connectivity index (χ4v) is 2.38. The number of hydrogen-bond acceptors (Lipinski definition) is 5. The van der Waals surface area contributed by atoms with E-state index in [0.29, 0.717) is 27.8 Å². The minimum Gasteiger partial charge on any atom is -0.508 e. The largest absolute Gasteiger partial charge is 0.508 e. The second kappa shape index (κ2) is 8.08. The Labute approximate surface area is 149 Å². The number of rotatable bonds is 5. The van der Waals surface area contributed by atoms with E-state index in [0.717, 1.165) is 0 Å². The number of phenols is 1. The summed E-state index contributed by atoms with van der Waals surface area (Å²) in [6.45, 7) is 0. The van der Waals surface area contributed by atoms with Crippen molar-refractivity contribution >= 4 is 29.3 Å². The van der Waals surface area contributed by atoms with Gasteiger partial charge in [-0.15, -0.1) is 0 Å². The molecule has 128 valence electrons. The van der Waals surface area contributed by atoms with Crippen molar-refractivity contribution in [1.82, 2.24) is 0 Å². The average Bonchev–Trinajstić information content (AvgIpc) is 2.60. The van der Waals surface area contributed by atoms with E-state index >= 15 is 0 Å². The molecule has 0 atom stereocenters. The van der Waals surface area contributed by atoms with Gasteiger partial charge in [-0.25, -0.2) is 0 Å². The highest BCUT2D eigenvalue weighted by atomic mass is 35.5. The van der Waals surface area contributed by atoms with Crippen LogP contribution >= 0.6 is 11.6 Å². The van der Waals surface area contributed by atoms with E-state index in [2.05, 4.69) is 5.32 Å². The van der Waals surface area contributed by atoms with Crippen LogP contribution in [-0.4, -0.2) is 25.2 Å². The minimum atomic E-state index is -0.584. The molecule has 0 aliphatic rings. The van der Waals surface area contributed by atoms with Gasteiger partial charge < -0.3 is 19.9 Å². The maximum atomic E-state index is 12.2. The maximum absolute atomic E-state index is 12.2. The van der Waals surface area contributed by atoms with E-state index in [1.165, 1.54) is 44.6 Å². The van der Waals surface area contributed by atoms with E-state index in [1.54, 1.807) is 12.1 Å². The Morgan fingerprint density at radius 2 is 1.92 bits per heavy atom. The van der Waals surface area contributed by atoms with Crippen LogP contribution in [0.5, 0.6) is 17.2 Å². The number of carbonyl (C=O) groups is 1. The molecule has 0 bridgehead atoms. The lowest BCUT2D eigenvalue weighted by Gasteiger charge is -2.10. The molecule has 7 heteroatoms. The summed E-state index contributed by atoms with van der Waals surface area (Å²) in [5.41, 5.74) is 0.853. The summed E-state index contributed by atoms with van der Waals surface area (Å²) in [5, 5.41) is 21.4. The molecule has 6 nitrogen and oxygen atoms in total. The Morgan fingerprint density at radius 1 is 1.24 bits per heavy atom. The number of nitrogens with one attached hydrogen (secondary N) is 1. The SMILES string of the molecule is COc1cc(/C=C(\C#N)C(=O)Nc2ccc(O)cc2)cc(Cl)c1OC. The number of methoxy groups -OCH3 is 2. The third-order valence-corrected chi connectivity index (χ3v) is 3.54. The highest BCUT2D eigenvalue weighted by molar-refractivity contribution is 6.32. The van der Waals surface area contributed by atoms with Gasteiger partial charge in [0.2, 0.25) is 0 Å². The number of ether oxygens (including phenoxy) is 2. The fraction of sp³-hybridized carbons (Fsp3) is 0.111. The lowest BCUT2D eigenvalue weighted by atomic mass is 10.1. The molecule has 0 fully saturated rings. The second-order valence-corrected chi connectivity index (χ2v) is 5.32. The van der Waals surface area contributed by atoms with Crippen molar-refractivity contribution in [3.63, 3.8) is 0 Å². The van der Waals surface area contributed by atoms with E-state index in [4.69, 9.17) is 21.1 Å². The van der Waals surface area contributed by atoms with E-state index in [-0.39, 0.29) is 11.3 Å². The van der Waals surface area contributed by atoms with Crippen molar-refractivity contribution < 1.29 is 19.4 Å². The molecule has 0 aromatic heterocycles. The maximum Gasteiger partial charge on any atom is 0.266 e. The number of anilines is 1. The highest BCUT2D eigenvalue weighted by Gasteiger charge is 2.13. The molecular formula is C18H15ClN2O4. The molecule has 1 amide bonds. The number of hydrogen-bond donors (Lipinski definition) is 2. The first kappa shape index (κ1) is 18.2. The zero-order valence-electron chi connectivity index (χ0n) is 13.5. The molecule has 0 spiro atoms. The van der Waals surface area contributed by atoms with Gasteiger partial charge in [0.1, 0.15) is 17.4 Å². The third kappa shape index (κ3) is 4.43. The molecule has 0 unspecified atom stereocenters. The Morgan fingerprint density at radius 3 is 2.48 bits per heavy atom. The minimum absolute atomic E-state index is 0.0778. The molecule has 2 N–H and O–H groups in total. The van der Waals surface area contributed by atoms with Crippen LogP contribution in [0.25, 0.3) is 6.08 Å². The van der Waals surface area contributed by atoms with Crippen molar-refractivity contribution in [2.45, 2.75) is 0 Å². The molecular weight excluding hydrogens is 344 g/mol. The number of carbonyl (C=O) groups excluding carboxylic acids is 1. The first-order chi connectivity index (χ1) is 12.0. The summed E-state index contributed by atoms with van der Waals surface area (Å²) >= 11 is 6.12. The Hall–Kier alpha value is -3.17. The lowest BCUT2D eigenvalue weighted by molar-refractivity contribution is -0.112. The monoisotopic (exact) mass is 358 g/mol. The van der Waals surface area contributed by atoms with Gasteiger partial charge in [0.25, 0.3) is 5.91 Å². The predicted octanol–water partition coefficient (Wildman–Crippen LogP) is 3.61. The zero-order chi connectivity index (χ0) is 18.4. The first-order valence-corrected chi connectivity index (χ1v) is 7.50. The number of nitriles is 1. The third-order valence-electron chi connectivity index (χ3n) is 3.26. The van der Waals surface area contributed by atoms with Gasteiger partial charge >= 0.3 is 0 Å². The molecule has 25 heavy (non-hydrogen) atoms. The van der Waals surface area contributed by atoms with Crippen molar-refractivity contribution in [2.24, 2.45) is 0 Å². The van der Waals surface area contributed by atoms with Crippen LogP contribution < -0.4 is 14.8 Å². The van der Waals surface area contributed by atoms with Crippen LogP contribution in [-0.2, 0) is 4.79 Å². The van der Waals surface area contributed by atoms with Crippen LogP contribution in [0, 0.1) is 11.3 Å². The molecule has 0 aliphatic heterocycles. The summed E-state index contributed by atoms with van der Waals surface area (Å²) in [6.07, 6.45) is 1.39. The normalized spacial score (nSPS) is 10.7. The smallest absolute Gasteiger partial charge is 0.266 e. The van der Waals surface area contributed by atoms with Gasteiger partial charge in [0.05, 0.1) is 19.2 Å². The van der Waals surface area contributed by atoms with Crippen molar-refractivity contribution in [3.05, 3.63) is 52.6 Å². The zero-order valence-corrected chi connectivity index (χ0v) is 14.3. The fourth-order valence-electron chi connectivity index (χ4n) is 2.08. The van der Waals surface area contributed by atoms with E-state index in [1.807, 2.05) is 6.07 Å². The molecule has 2 aromatic carbocycles. The number of phenolic OH excluding ortho intramolecular Hbond substituents is 1. The van der Waals surface area contributed by atoms with Crippen LogP contribution in [0.4, 0.5) is 5.69 Å². The van der Waals surface area contributed by atoms with Crippen LogP contribution in [0.2, 0.25) is 5.02 Å². The lowest BCUT2D eigenvalue weighted by Crippen LogP contribution is -2.13. The Kier molecular flexibility index (Phi) is 5.88. The average molecular weight is 359 g/mol. The summed E-state index contributed by atoms with van der Waals surface area (Å²) in [5.74, 6) is 0.249. The molecule has 0 heterocycles. The quantitative estimate of drug-likeness (QED) is 0.484. The molecule has 0 saturated carbocycles. The number of amides is 1. The summed E-state index contributed by atoms with van der Waals surface area (Å²) in [6, 6.07) is 10.9. The van der Waals surface area contributed by atoms with Crippen molar-refractivity contribution in [2.75, 3.05) is 19.5 Å². The molecule has 0 aliphatic carbocycles. The number of aromatic hydroxyl groups is 1. The molecule has 2 aromatic rings. The summed E-state index contributed by atoms with van der Waals surface area (Å²) < 4.78 is 10.3. The summed E-state index contributed by atoms with van der Waals surface area (Å²) in [7, 11) is 2.93. The van der Waals surface area contributed by atoms with Gasteiger partial charge in [0, 0.05) is 5.69 Å². The van der Waals surface area contributed by atoms with E-state index < -0.39 is 5.91 Å². The Balaban J connectivity index is 2.30. The topological polar surface area (TPSA) is 91.6 Å². The van der Waals surface area contributed by atoms with Crippen molar-refractivity contribution in [3.8, 4) is 23.3 Å². The van der Waals surface area contributed by atoms with Gasteiger partial charge in [-0.2, -0.15) is 5.26 Å². The predicted molar refractivity (Wildman–Crippen MR) is 94.9 cm³/mol. The van der Waals surface area contributed by atoms with Crippen LogP contribution in [0.3, 0.4) is 0 Å². The second-order valence-electron chi connectivity index (χ2n) is 4.91. The van der Waals surface area contributed by atoms with Crippen LogP contribution in [0.15, 0.2) is 42.0 Å². The van der Waals surface area contributed by atoms with Gasteiger partial charge in [-0.3, -0.25) is 4.79 Å². The first-order valence-electron chi connectivity index (χ1n) is 7.12. The molecule has 2 rings (SSSR count). The molecule has 0 saturated heterocycles. The molecule has 0 radical (unpaired) electrons. The number of halogens is 1. The Bertz CT molecular complexity index is 855.